The van der Waals surface area contributed by atoms with Crippen molar-refractivity contribution >= 4 is 0 Å². The number of aliphatic hydroxyl groups excluding tert-OH is 1. The molecule has 0 saturated heterocycles. The van der Waals surface area contributed by atoms with E-state index >= 15 is 0 Å². The van der Waals surface area contributed by atoms with E-state index in [9.17, 15) is 4.39 Å². The van der Waals surface area contributed by atoms with Crippen LogP contribution in [0.4, 0.5) is 4.39 Å². The molecule has 1 aromatic carbocycles. The molecule has 2 N–H and O–H groups in total. The number of hydrogen-bond acceptors (Lipinski definition) is 2. The summed E-state index contributed by atoms with van der Waals surface area (Å²) in [4.78, 5) is 0. The molecule has 0 fully saturated rings. The van der Waals surface area contributed by atoms with Crippen LogP contribution in [-0.4, -0.2) is 16.3 Å². The Bertz CT molecular complexity index is 284. The first-order valence-corrected chi connectivity index (χ1v) is 4.25. The number of aromatic hydroxyl groups is 1. The molecule has 2 nitrogen and oxygen atoms in total. The highest BCUT2D eigenvalue weighted by atomic mass is 19.1. The molecule has 0 unspecified atom stereocenters. The molecule has 0 aliphatic carbocycles. The van der Waals surface area contributed by atoms with Crippen molar-refractivity contribution in [3.8, 4) is 5.75 Å². The Balaban J connectivity index is 2.67. The average Bonchev–Trinajstić information content (AvgIpc) is 2.02. The van der Waals surface area contributed by atoms with E-state index in [1.54, 1.807) is 6.92 Å². The van der Waals surface area contributed by atoms with Gasteiger partial charge in [0.15, 0.2) is 0 Å². The van der Waals surface area contributed by atoms with Crippen LogP contribution >= 0.6 is 0 Å². The maximum Gasteiger partial charge on any atom is 0.130 e. The van der Waals surface area contributed by atoms with Gasteiger partial charge in [-0.2, -0.15) is 0 Å². The first-order chi connectivity index (χ1) is 6.09. The van der Waals surface area contributed by atoms with Crippen LogP contribution in [0.25, 0.3) is 0 Å². The first kappa shape index (κ1) is 9.99. The summed E-state index contributed by atoms with van der Waals surface area (Å²) in [5.41, 5.74) is 0.527. The largest absolute Gasteiger partial charge is 0.508 e. The van der Waals surface area contributed by atoms with Gasteiger partial charge >= 0.3 is 0 Å². The first-order valence-electron chi connectivity index (χ1n) is 4.25. The van der Waals surface area contributed by atoms with Crippen LogP contribution in [0, 0.1) is 5.82 Å². The van der Waals surface area contributed by atoms with Crippen LogP contribution in [0.2, 0.25) is 0 Å². The van der Waals surface area contributed by atoms with Crippen LogP contribution in [0.1, 0.15) is 18.9 Å². The zero-order chi connectivity index (χ0) is 9.84. The number of halogens is 1. The van der Waals surface area contributed by atoms with Crippen molar-refractivity contribution in [2.45, 2.75) is 25.9 Å². The molecule has 13 heavy (non-hydrogen) atoms. The van der Waals surface area contributed by atoms with Crippen LogP contribution < -0.4 is 0 Å². The predicted octanol–water partition coefficient (Wildman–Crippen LogP) is 1.84. The van der Waals surface area contributed by atoms with Crippen LogP contribution in [-0.2, 0) is 6.42 Å². The third-order valence-corrected chi connectivity index (χ3v) is 1.87. The molecule has 1 rings (SSSR count). The number of phenols is 1. The average molecular weight is 184 g/mol. The summed E-state index contributed by atoms with van der Waals surface area (Å²) in [6.07, 6.45) is 0.596. The van der Waals surface area contributed by atoms with E-state index in [4.69, 9.17) is 10.2 Å². The molecule has 0 aliphatic rings. The fourth-order valence-electron chi connectivity index (χ4n) is 1.10. The van der Waals surface area contributed by atoms with Crippen molar-refractivity contribution in [1.29, 1.82) is 0 Å². The second-order valence-electron chi connectivity index (χ2n) is 3.16. The molecule has 72 valence electrons. The lowest BCUT2D eigenvalue weighted by Gasteiger charge is -2.05. The second kappa shape index (κ2) is 4.23. The Morgan fingerprint density at radius 3 is 2.69 bits per heavy atom. The quantitative estimate of drug-likeness (QED) is 0.752. The highest BCUT2D eigenvalue weighted by Gasteiger charge is 2.04. The van der Waals surface area contributed by atoms with Crippen molar-refractivity contribution < 1.29 is 14.6 Å². The summed E-state index contributed by atoms with van der Waals surface area (Å²) < 4.78 is 13.1. The van der Waals surface area contributed by atoms with Crippen molar-refractivity contribution in [2.75, 3.05) is 0 Å². The number of aliphatic hydroxyl groups is 1. The smallest absolute Gasteiger partial charge is 0.130 e. The van der Waals surface area contributed by atoms with Gasteiger partial charge in [0.2, 0.25) is 0 Å². The third kappa shape index (κ3) is 3.03. The molecule has 0 aliphatic heterocycles. The molecule has 0 spiro atoms. The Morgan fingerprint density at radius 1 is 1.46 bits per heavy atom. The van der Waals surface area contributed by atoms with Gasteiger partial charge in [0.1, 0.15) is 11.6 Å². The van der Waals surface area contributed by atoms with Crippen molar-refractivity contribution in [3.63, 3.8) is 0 Å². The minimum Gasteiger partial charge on any atom is -0.508 e. The Kier molecular flexibility index (Phi) is 3.25. The fraction of sp³-hybridized carbons (Fsp3) is 0.400. The van der Waals surface area contributed by atoms with Gasteiger partial charge < -0.3 is 10.2 Å². The number of rotatable bonds is 3. The van der Waals surface area contributed by atoms with Crippen molar-refractivity contribution in [2.24, 2.45) is 0 Å². The summed E-state index contributed by atoms with van der Waals surface area (Å²) in [6, 6.07) is 4.06. The predicted molar refractivity (Wildman–Crippen MR) is 48.1 cm³/mol. The van der Waals surface area contributed by atoms with Gasteiger partial charge in [0.05, 0.1) is 6.10 Å². The van der Waals surface area contributed by atoms with Gasteiger partial charge in [-0.3, -0.25) is 0 Å². The topological polar surface area (TPSA) is 40.5 Å². The Labute approximate surface area is 76.6 Å². The minimum absolute atomic E-state index is 0.0710. The van der Waals surface area contributed by atoms with Gasteiger partial charge in [-0.05, 0) is 31.4 Å². The van der Waals surface area contributed by atoms with Crippen LogP contribution in [0.3, 0.4) is 0 Å². The summed E-state index contributed by atoms with van der Waals surface area (Å²) in [5.74, 6) is -0.487. The summed E-state index contributed by atoms with van der Waals surface area (Å²) in [5, 5.41) is 17.9. The maximum atomic E-state index is 13.1. The van der Waals surface area contributed by atoms with Crippen molar-refractivity contribution in [1.82, 2.24) is 0 Å². The molecule has 0 saturated carbocycles. The summed E-state index contributed by atoms with van der Waals surface area (Å²) >= 11 is 0. The lowest BCUT2D eigenvalue weighted by molar-refractivity contribution is 0.184. The molecule has 1 atom stereocenters. The molecule has 0 aromatic heterocycles. The lowest BCUT2D eigenvalue weighted by atomic mass is 10.1. The Hall–Kier alpha value is -1.09. The SMILES string of the molecule is C[C@H](O)CCc1ccc(O)cc1F. The van der Waals surface area contributed by atoms with Gasteiger partial charge in [-0.25, -0.2) is 4.39 Å². The van der Waals surface area contributed by atoms with E-state index in [2.05, 4.69) is 0 Å². The molecule has 0 heterocycles. The number of aryl methyl sites for hydroxylation is 1. The molecular formula is C10H13FO2. The molecule has 0 amide bonds. The van der Waals surface area contributed by atoms with Gasteiger partial charge in [-0.15, -0.1) is 0 Å². The standard InChI is InChI=1S/C10H13FO2/c1-7(12)2-3-8-4-5-9(13)6-10(8)11/h4-7,12-13H,2-3H2,1H3/t7-/m0/s1. The number of phenolic OH excluding ortho intramolecular Hbond substituents is 1. The monoisotopic (exact) mass is 184 g/mol. The highest BCUT2D eigenvalue weighted by molar-refractivity contribution is 5.27. The normalized spacial score (nSPS) is 12.8. The van der Waals surface area contributed by atoms with E-state index in [0.717, 1.165) is 6.07 Å². The minimum atomic E-state index is -0.423. The summed E-state index contributed by atoms with van der Waals surface area (Å²) in [6.45, 7) is 1.66. The highest BCUT2D eigenvalue weighted by Crippen LogP contribution is 2.16. The van der Waals surface area contributed by atoms with Gasteiger partial charge in [-0.1, -0.05) is 6.07 Å². The maximum absolute atomic E-state index is 13.1. The number of benzene rings is 1. The molecule has 1 aromatic rings. The third-order valence-electron chi connectivity index (χ3n) is 1.87. The van der Waals surface area contributed by atoms with E-state index in [0.29, 0.717) is 18.4 Å². The zero-order valence-corrected chi connectivity index (χ0v) is 7.50. The lowest BCUT2D eigenvalue weighted by Crippen LogP contribution is -2.02. The number of hydrogen-bond donors (Lipinski definition) is 2. The van der Waals surface area contributed by atoms with E-state index < -0.39 is 11.9 Å². The fourth-order valence-corrected chi connectivity index (χ4v) is 1.10. The van der Waals surface area contributed by atoms with E-state index in [1.165, 1.54) is 12.1 Å². The van der Waals surface area contributed by atoms with Crippen LogP contribution in [0.15, 0.2) is 18.2 Å². The van der Waals surface area contributed by atoms with Crippen molar-refractivity contribution in [3.05, 3.63) is 29.6 Å². The van der Waals surface area contributed by atoms with Crippen LogP contribution in [0.5, 0.6) is 5.75 Å². The second-order valence-corrected chi connectivity index (χ2v) is 3.16. The molecule has 0 radical (unpaired) electrons. The summed E-state index contributed by atoms with van der Waals surface area (Å²) in [7, 11) is 0. The Morgan fingerprint density at radius 2 is 2.15 bits per heavy atom. The van der Waals surface area contributed by atoms with Gasteiger partial charge in [0.25, 0.3) is 0 Å². The van der Waals surface area contributed by atoms with E-state index in [-0.39, 0.29) is 5.75 Å². The molecular weight excluding hydrogens is 171 g/mol. The zero-order valence-electron chi connectivity index (χ0n) is 7.50. The van der Waals surface area contributed by atoms with Gasteiger partial charge in [0, 0.05) is 6.07 Å². The van der Waals surface area contributed by atoms with E-state index in [1.807, 2.05) is 0 Å². The molecule has 0 bridgehead atoms. The molecule has 3 heteroatoms.